The first kappa shape index (κ1) is 15.8. The standard InChI is InChI=1S/C16H19N3O3/c1-9-13(10(2)19-18-9)17-14(20)11-5-7-12(8-6-11)16(3,4)15(21)22/h5-8H,1-4H3,(H,17,20)(H,18,19)(H,21,22). The van der Waals surface area contributed by atoms with Gasteiger partial charge in [-0.3, -0.25) is 14.7 Å². The number of aliphatic carboxylic acids is 1. The summed E-state index contributed by atoms with van der Waals surface area (Å²) in [5, 5.41) is 18.9. The first-order valence-corrected chi connectivity index (χ1v) is 6.90. The molecule has 0 radical (unpaired) electrons. The van der Waals surface area contributed by atoms with Gasteiger partial charge in [-0.25, -0.2) is 0 Å². The molecular formula is C16H19N3O3. The van der Waals surface area contributed by atoms with Crippen LogP contribution in [-0.2, 0) is 10.2 Å². The predicted molar refractivity (Wildman–Crippen MR) is 83.1 cm³/mol. The quantitative estimate of drug-likeness (QED) is 0.809. The summed E-state index contributed by atoms with van der Waals surface area (Å²) in [6.45, 7) is 6.89. The molecule has 1 amide bonds. The smallest absolute Gasteiger partial charge is 0.313 e. The van der Waals surface area contributed by atoms with E-state index in [4.69, 9.17) is 0 Å². The Kier molecular flexibility index (Phi) is 4.03. The Balaban J connectivity index is 2.21. The Bertz CT molecular complexity index is 695. The van der Waals surface area contributed by atoms with Crippen LogP contribution in [-0.4, -0.2) is 27.2 Å². The number of rotatable bonds is 4. The molecular weight excluding hydrogens is 282 g/mol. The molecule has 6 nitrogen and oxygen atoms in total. The molecule has 0 aliphatic carbocycles. The summed E-state index contributed by atoms with van der Waals surface area (Å²) >= 11 is 0. The molecule has 1 aromatic heterocycles. The number of nitrogens with one attached hydrogen (secondary N) is 2. The van der Waals surface area contributed by atoms with E-state index in [1.165, 1.54) is 0 Å². The van der Waals surface area contributed by atoms with Crippen LogP contribution in [0.4, 0.5) is 5.69 Å². The lowest BCUT2D eigenvalue weighted by atomic mass is 9.84. The number of carboxylic acids is 1. The van der Waals surface area contributed by atoms with Gasteiger partial charge in [0, 0.05) is 5.56 Å². The second-order valence-corrected chi connectivity index (χ2v) is 5.77. The van der Waals surface area contributed by atoms with Crippen LogP contribution in [0.3, 0.4) is 0 Å². The number of aromatic amines is 1. The summed E-state index contributed by atoms with van der Waals surface area (Å²) in [4.78, 5) is 23.5. The number of carbonyl (C=O) groups is 2. The topological polar surface area (TPSA) is 95.1 Å². The maximum Gasteiger partial charge on any atom is 0.313 e. The van der Waals surface area contributed by atoms with E-state index in [0.29, 0.717) is 16.8 Å². The molecule has 22 heavy (non-hydrogen) atoms. The molecule has 0 saturated carbocycles. The van der Waals surface area contributed by atoms with E-state index in [-0.39, 0.29) is 5.91 Å². The number of amides is 1. The number of hydrogen-bond donors (Lipinski definition) is 3. The average molecular weight is 301 g/mol. The molecule has 0 aliphatic rings. The van der Waals surface area contributed by atoms with Gasteiger partial charge in [0.15, 0.2) is 0 Å². The van der Waals surface area contributed by atoms with E-state index in [1.54, 1.807) is 45.0 Å². The van der Waals surface area contributed by atoms with Gasteiger partial charge in [0.05, 0.1) is 22.5 Å². The molecule has 116 valence electrons. The van der Waals surface area contributed by atoms with Gasteiger partial charge < -0.3 is 10.4 Å². The lowest BCUT2D eigenvalue weighted by Crippen LogP contribution is -2.28. The summed E-state index contributed by atoms with van der Waals surface area (Å²) in [6.07, 6.45) is 0. The van der Waals surface area contributed by atoms with Gasteiger partial charge in [0.25, 0.3) is 5.91 Å². The van der Waals surface area contributed by atoms with Crippen LogP contribution in [0.15, 0.2) is 24.3 Å². The van der Waals surface area contributed by atoms with Crippen molar-refractivity contribution in [3.8, 4) is 0 Å². The second kappa shape index (κ2) is 5.63. The van der Waals surface area contributed by atoms with Crippen molar-refractivity contribution in [3.05, 3.63) is 46.8 Å². The van der Waals surface area contributed by atoms with Gasteiger partial charge in [0.2, 0.25) is 0 Å². The third-order valence-corrected chi connectivity index (χ3v) is 3.77. The largest absolute Gasteiger partial charge is 0.481 e. The van der Waals surface area contributed by atoms with Crippen LogP contribution in [0.1, 0.15) is 41.2 Å². The highest BCUT2D eigenvalue weighted by molar-refractivity contribution is 6.04. The maximum absolute atomic E-state index is 12.2. The summed E-state index contributed by atoms with van der Waals surface area (Å²) < 4.78 is 0. The number of aryl methyl sites for hydroxylation is 2. The molecule has 0 fully saturated rings. The Morgan fingerprint density at radius 2 is 1.77 bits per heavy atom. The molecule has 0 bridgehead atoms. The number of carbonyl (C=O) groups excluding carboxylic acids is 1. The van der Waals surface area contributed by atoms with Gasteiger partial charge in [0.1, 0.15) is 0 Å². The summed E-state index contributed by atoms with van der Waals surface area (Å²) in [5.41, 5.74) is 2.29. The van der Waals surface area contributed by atoms with Crippen molar-refractivity contribution in [2.45, 2.75) is 33.1 Å². The van der Waals surface area contributed by atoms with Crippen molar-refractivity contribution in [1.82, 2.24) is 10.2 Å². The third kappa shape index (κ3) is 2.86. The minimum atomic E-state index is -0.993. The highest BCUT2D eigenvalue weighted by Gasteiger charge is 2.29. The summed E-state index contributed by atoms with van der Waals surface area (Å²) in [6, 6.07) is 6.58. The summed E-state index contributed by atoms with van der Waals surface area (Å²) in [5.74, 6) is -1.17. The molecule has 0 spiro atoms. The van der Waals surface area contributed by atoms with E-state index in [1.807, 2.05) is 6.92 Å². The van der Waals surface area contributed by atoms with E-state index in [9.17, 15) is 14.7 Å². The Labute approximate surface area is 128 Å². The molecule has 2 rings (SSSR count). The lowest BCUT2D eigenvalue weighted by molar-refractivity contribution is -0.142. The molecule has 0 saturated heterocycles. The molecule has 0 atom stereocenters. The van der Waals surface area contributed by atoms with E-state index in [2.05, 4.69) is 15.5 Å². The number of benzene rings is 1. The Morgan fingerprint density at radius 3 is 2.23 bits per heavy atom. The van der Waals surface area contributed by atoms with Crippen LogP contribution in [0.25, 0.3) is 0 Å². The number of anilines is 1. The fourth-order valence-electron chi connectivity index (χ4n) is 2.08. The number of carboxylic acid groups (broad SMARTS) is 1. The molecule has 2 aromatic rings. The second-order valence-electron chi connectivity index (χ2n) is 5.77. The predicted octanol–water partition coefficient (Wildman–Crippen LogP) is 2.64. The molecule has 0 unspecified atom stereocenters. The number of hydrogen-bond acceptors (Lipinski definition) is 3. The monoisotopic (exact) mass is 301 g/mol. The van der Waals surface area contributed by atoms with Crippen LogP contribution < -0.4 is 5.32 Å². The zero-order valence-electron chi connectivity index (χ0n) is 13.0. The van der Waals surface area contributed by atoms with Gasteiger partial charge in [-0.1, -0.05) is 12.1 Å². The zero-order chi connectivity index (χ0) is 16.5. The molecule has 1 heterocycles. The fraction of sp³-hybridized carbons (Fsp3) is 0.312. The first-order chi connectivity index (χ1) is 10.2. The molecule has 0 aliphatic heterocycles. The van der Waals surface area contributed by atoms with Crippen molar-refractivity contribution in [2.75, 3.05) is 5.32 Å². The fourth-order valence-corrected chi connectivity index (χ4v) is 2.08. The van der Waals surface area contributed by atoms with Crippen LogP contribution in [0.5, 0.6) is 0 Å². The SMILES string of the molecule is Cc1n[nH]c(C)c1NC(=O)c1ccc(C(C)(C)C(=O)O)cc1. The van der Waals surface area contributed by atoms with Gasteiger partial charge in [-0.15, -0.1) is 0 Å². The van der Waals surface area contributed by atoms with Crippen molar-refractivity contribution < 1.29 is 14.7 Å². The van der Waals surface area contributed by atoms with Crippen molar-refractivity contribution in [1.29, 1.82) is 0 Å². The van der Waals surface area contributed by atoms with Crippen molar-refractivity contribution in [2.24, 2.45) is 0 Å². The maximum atomic E-state index is 12.2. The first-order valence-electron chi connectivity index (χ1n) is 6.90. The van der Waals surface area contributed by atoms with E-state index in [0.717, 1.165) is 11.4 Å². The highest BCUT2D eigenvalue weighted by atomic mass is 16.4. The van der Waals surface area contributed by atoms with Crippen LogP contribution >= 0.6 is 0 Å². The third-order valence-electron chi connectivity index (χ3n) is 3.77. The van der Waals surface area contributed by atoms with E-state index >= 15 is 0 Å². The van der Waals surface area contributed by atoms with Gasteiger partial charge in [-0.2, -0.15) is 5.10 Å². The minimum absolute atomic E-state index is 0.257. The van der Waals surface area contributed by atoms with Crippen molar-refractivity contribution in [3.63, 3.8) is 0 Å². The van der Waals surface area contributed by atoms with E-state index < -0.39 is 11.4 Å². The van der Waals surface area contributed by atoms with Gasteiger partial charge >= 0.3 is 5.97 Å². The minimum Gasteiger partial charge on any atom is -0.481 e. The zero-order valence-corrected chi connectivity index (χ0v) is 13.0. The molecule has 6 heteroatoms. The van der Waals surface area contributed by atoms with Crippen LogP contribution in [0.2, 0.25) is 0 Å². The number of nitrogens with zero attached hydrogens (tertiary/aromatic N) is 1. The lowest BCUT2D eigenvalue weighted by Gasteiger charge is -2.19. The normalized spacial score (nSPS) is 11.3. The highest BCUT2D eigenvalue weighted by Crippen LogP contribution is 2.24. The van der Waals surface area contributed by atoms with Crippen LogP contribution in [0, 0.1) is 13.8 Å². The van der Waals surface area contributed by atoms with Gasteiger partial charge in [-0.05, 0) is 45.4 Å². The Morgan fingerprint density at radius 1 is 1.18 bits per heavy atom. The summed E-state index contributed by atoms with van der Waals surface area (Å²) in [7, 11) is 0. The molecule has 1 aromatic carbocycles. The Hall–Kier alpha value is -2.63. The number of H-pyrrole nitrogens is 1. The number of aromatic nitrogens is 2. The molecule has 3 N–H and O–H groups in total. The van der Waals surface area contributed by atoms with Crippen molar-refractivity contribution >= 4 is 17.6 Å². The average Bonchev–Trinajstić information content (AvgIpc) is 2.79.